The van der Waals surface area contributed by atoms with Gasteiger partial charge in [0, 0.05) is 6.04 Å². The summed E-state index contributed by atoms with van der Waals surface area (Å²) in [7, 11) is 0. The molecule has 0 amide bonds. The monoisotopic (exact) mass is 277 g/mol. The van der Waals surface area contributed by atoms with E-state index in [1.807, 2.05) is 0 Å². The lowest BCUT2D eigenvalue weighted by Crippen LogP contribution is -2.55. The molecule has 0 spiro atoms. The Kier molecular flexibility index (Phi) is 4.75. The predicted molar refractivity (Wildman–Crippen MR) is 86.9 cm³/mol. The minimum atomic E-state index is 0.653. The van der Waals surface area contributed by atoms with Crippen molar-refractivity contribution in [1.29, 1.82) is 0 Å². The normalized spacial score (nSPS) is 43.2. The van der Waals surface area contributed by atoms with Crippen molar-refractivity contribution in [3.63, 3.8) is 0 Å². The summed E-state index contributed by atoms with van der Waals surface area (Å²) >= 11 is 0. The first kappa shape index (κ1) is 14.9. The second-order valence-electron chi connectivity index (χ2n) is 8.32. The standard InChI is InChI=1S/C19H35N/c1-3-11-19(2)12-14-20-13-10-16-8-6-4-5-7-9-17(16)18(20)15-19/h16-18H,3-15H2,1-2H3/t16-,17?,18?,19?/m0/s1. The van der Waals surface area contributed by atoms with E-state index >= 15 is 0 Å². The number of hydrogen-bond acceptors (Lipinski definition) is 1. The van der Waals surface area contributed by atoms with Crippen molar-refractivity contribution in [1.82, 2.24) is 4.90 Å². The number of piperidine rings is 2. The molecule has 0 bridgehead atoms. The van der Waals surface area contributed by atoms with Crippen LogP contribution in [0.2, 0.25) is 0 Å². The van der Waals surface area contributed by atoms with Crippen molar-refractivity contribution in [3.05, 3.63) is 0 Å². The largest absolute Gasteiger partial charge is 0.300 e. The Labute approximate surface area is 126 Å². The second kappa shape index (κ2) is 6.38. The molecule has 116 valence electrons. The van der Waals surface area contributed by atoms with Gasteiger partial charge in [-0.3, -0.25) is 0 Å². The first-order chi connectivity index (χ1) is 9.72. The van der Waals surface area contributed by atoms with Crippen LogP contribution in [0.25, 0.3) is 0 Å². The third-order valence-corrected chi connectivity index (χ3v) is 6.78. The molecule has 1 saturated carbocycles. The molecule has 3 aliphatic rings. The third kappa shape index (κ3) is 3.08. The molecule has 2 heterocycles. The van der Waals surface area contributed by atoms with E-state index in [4.69, 9.17) is 0 Å². The molecule has 0 aromatic heterocycles. The zero-order valence-corrected chi connectivity index (χ0v) is 13.9. The maximum Gasteiger partial charge on any atom is 0.0131 e. The maximum atomic E-state index is 2.89. The van der Waals surface area contributed by atoms with Gasteiger partial charge in [-0.05, 0) is 62.4 Å². The van der Waals surface area contributed by atoms with E-state index in [-0.39, 0.29) is 0 Å². The van der Waals surface area contributed by atoms with E-state index in [9.17, 15) is 0 Å². The van der Waals surface area contributed by atoms with Gasteiger partial charge in [-0.25, -0.2) is 0 Å². The van der Waals surface area contributed by atoms with Gasteiger partial charge < -0.3 is 4.90 Å². The molecule has 3 rings (SSSR count). The van der Waals surface area contributed by atoms with Gasteiger partial charge in [0.15, 0.2) is 0 Å². The van der Waals surface area contributed by atoms with Crippen LogP contribution < -0.4 is 0 Å². The Balaban J connectivity index is 1.72. The summed E-state index contributed by atoms with van der Waals surface area (Å²) in [6.45, 7) is 7.76. The van der Waals surface area contributed by atoms with Crippen LogP contribution in [0.4, 0.5) is 0 Å². The highest BCUT2D eigenvalue weighted by Gasteiger charge is 2.44. The summed E-state index contributed by atoms with van der Waals surface area (Å²) in [5.41, 5.74) is 0.653. The fraction of sp³-hybridized carbons (Fsp3) is 1.00. The Morgan fingerprint density at radius 1 is 1.00 bits per heavy atom. The number of hydrogen-bond donors (Lipinski definition) is 0. The van der Waals surface area contributed by atoms with Crippen molar-refractivity contribution in [2.24, 2.45) is 17.3 Å². The van der Waals surface area contributed by atoms with Gasteiger partial charge in [0.25, 0.3) is 0 Å². The highest BCUT2D eigenvalue weighted by Crippen LogP contribution is 2.47. The zero-order valence-electron chi connectivity index (χ0n) is 13.9. The van der Waals surface area contributed by atoms with Crippen molar-refractivity contribution >= 4 is 0 Å². The predicted octanol–water partition coefficient (Wildman–Crippen LogP) is 5.25. The first-order valence-electron chi connectivity index (χ1n) is 9.46. The van der Waals surface area contributed by atoms with E-state index in [0.29, 0.717) is 5.41 Å². The Morgan fingerprint density at radius 3 is 2.60 bits per heavy atom. The van der Waals surface area contributed by atoms with E-state index in [1.165, 1.54) is 77.3 Å². The lowest BCUT2D eigenvalue weighted by Gasteiger charge is -2.53. The molecule has 1 aliphatic carbocycles. The average molecular weight is 277 g/mol. The molecule has 0 N–H and O–H groups in total. The molecular formula is C19H35N. The fourth-order valence-corrected chi connectivity index (χ4v) is 5.63. The van der Waals surface area contributed by atoms with Crippen molar-refractivity contribution < 1.29 is 0 Å². The van der Waals surface area contributed by atoms with Gasteiger partial charge in [0.2, 0.25) is 0 Å². The summed E-state index contributed by atoms with van der Waals surface area (Å²) in [6, 6.07) is 0.942. The van der Waals surface area contributed by atoms with E-state index in [2.05, 4.69) is 18.7 Å². The second-order valence-corrected chi connectivity index (χ2v) is 8.32. The first-order valence-corrected chi connectivity index (χ1v) is 9.46. The van der Waals surface area contributed by atoms with Gasteiger partial charge in [-0.15, -0.1) is 0 Å². The summed E-state index contributed by atoms with van der Waals surface area (Å²) in [5.74, 6) is 2.11. The molecule has 3 unspecified atom stereocenters. The quantitative estimate of drug-likeness (QED) is 0.666. The molecule has 0 radical (unpaired) electrons. The Hall–Kier alpha value is -0.0400. The highest BCUT2D eigenvalue weighted by molar-refractivity contribution is 4.97. The summed E-state index contributed by atoms with van der Waals surface area (Å²) < 4.78 is 0. The van der Waals surface area contributed by atoms with Crippen LogP contribution in [-0.4, -0.2) is 24.0 Å². The summed E-state index contributed by atoms with van der Waals surface area (Å²) in [5, 5.41) is 0. The molecule has 2 aliphatic heterocycles. The van der Waals surface area contributed by atoms with Crippen LogP contribution in [0.3, 0.4) is 0 Å². The lowest BCUT2D eigenvalue weighted by atomic mass is 9.64. The number of fused-ring (bicyclic) bond motifs is 3. The number of nitrogens with zero attached hydrogens (tertiary/aromatic N) is 1. The van der Waals surface area contributed by atoms with Crippen LogP contribution in [0.15, 0.2) is 0 Å². The van der Waals surface area contributed by atoms with Gasteiger partial charge >= 0.3 is 0 Å². The maximum absolute atomic E-state index is 2.89. The molecule has 0 aromatic rings. The molecule has 3 fully saturated rings. The van der Waals surface area contributed by atoms with Gasteiger partial charge in [0.1, 0.15) is 0 Å². The van der Waals surface area contributed by atoms with E-state index in [0.717, 1.165) is 17.9 Å². The minimum Gasteiger partial charge on any atom is -0.300 e. The van der Waals surface area contributed by atoms with E-state index < -0.39 is 0 Å². The van der Waals surface area contributed by atoms with Gasteiger partial charge in [0.05, 0.1) is 0 Å². The summed E-state index contributed by atoms with van der Waals surface area (Å²) in [4.78, 5) is 2.89. The third-order valence-electron chi connectivity index (χ3n) is 6.78. The van der Waals surface area contributed by atoms with Gasteiger partial charge in [-0.1, -0.05) is 52.4 Å². The van der Waals surface area contributed by atoms with Crippen molar-refractivity contribution in [2.75, 3.05) is 13.1 Å². The number of rotatable bonds is 2. The smallest absolute Gasteiger partial charge is 0.0131 e. The Morgan fingerprint density at radius 2 is 1.80 bits per heavy atom. The molecule has 0 aromatic carbocycles. The Bertz CT molecular complexity index is 313. The van der Waals surface area contributed by atoms with Crippen LogP contribution >= 0.6 is 0 Å². The SMILES string of the molecule is CCCC1(C)CCN2CC[C@@H]3CCCCCCC3C2C1. The van der Waals surface area contributed by atoms with E-state index in [1.54, 1.807) is 6.42 Å². The van der Waals surface area contributed by atoms with Crippen LogP contribution in [0.1, 0.15) is 84.5 Å². The molecule has 4 atom stereocenters. The van der Waals surface area contributed by atoms with Crippen LogP contribution in [0, 0.1) is 17.3 Å². The lowest BCUT2D eigenvalue weighted by molar-refractivity contribution is -0.0348. The average Bonchev–Trinajstić information content (AvgIpc) is 2.39. The van der Waals surface area contributed by atoms with Gasteiger partial charge in [-0.2, -0.15) is 0 Å². The molecule has 20 heavy (non-hydrogen) atoms. The highest BCUT2D eigenvalue weighted by atomic mass is 15.2. The molecule has 2 saturated heterocycles. The fourth-order valence-electron chi connectivity index (χ4n) is 5.63. The molecule has 1 heteroatoms. The van der Waals surface area contributed by atoms with Crippen LogP contribution in [-0.2, 0) is 0 Å². The topological polar surface area (TPSA) is 3.24 Å². The van der Waals surface area contributed by atoms with Crippen molar-refractivity contribution in [2.45, 2.75) is 90.5 Å². The minimum absolute atomic E-state index is 0.653. The zero-order chi connectivity index (χ0) is 14.0. The van der Waals surface area contributed by atoms with Crippen LogP contribution in [0.5, 0.6) is 0 Å². The molecular weight excluding hydrogens is 242 g/mol. The summed E-state index contributed by atoms with van der Waals surface area (Å²) in [6.07, 6.45) is 16.4. The van der Waals surface area contributed by atoms with Crippen molar-refractivity contribution in [3.8, 4) is 0 Å². The molecule has 1 nitrogen and oxygen atoms in total.